The summed E-state index contributed by atoms with van der Waals surface area (Å²) in [4.78, 5) is 9.65. The summed E-state index contributed by atoms with van der Waals surface area (Å²) in [7, 11) is 5.57. The second-order valence-electron chi connectivity index (χ2n) is 7.88. The van der Waals surface area contributed by atoms with E-state index in [9.17, 15) is 0 Å². The Morgan fingerprint density at radius 3 is 2.41 bits per heavy atom. The molecule has 2 aromatic heterocycles. The van der Waals surface area contributed by atoms with Crippen molar-refractivity contribution in [2.24, 2.45) is 0 Å². The quantitative estimate of drug-likeness (QED) is 0.283. The lowest BCUT2D eigenvalue weighted by atomic mass is 10.00. The first-order valence-electron chi connectivity index (χ1n) is 9.87. The molecule has 6 heteroatoms. The Morgan fingerprint density at radius 1 is 1.17 bits per heavy atom. The van der Waals surface area contributed by atoms with E-state index in [2.05, 4.69) is 69.4 Å². The normalized spacial score (nSPS) is 13.4. The molecule has 0 aliphatic rings. The van der Waals surface area contributed by atoms with Gasteiger partial charge in [-0.15, -0.1) is 0 Å². The van der Waals surface area contributed by atoms with E-state index >= 15 is 0 Å². The third kappa shape index (κ3) is 4.87. The average molecular weight is 463 g/mol. The van der Waals surface area contributed by atoms with Gasteiger partial charge in [-0.05, 0) is 59.5 Å². The highest BCUT2D eigenvalue weighted by atomic mass is 79.9. The van der Waals surface area contributed by atoms with Gasteiger partial charge in [-0.3, -0.25) is 4.48 Å². The van der Waals surface area contributed by atoms with E-state index in [1.165, 1.54) is 5.56 Å². The number of nitrogens with zero attached hydrogens (tertiary/aromatic N) is 3. The zero-order valence-corrected chi connectivity index (χ0v) is 20.3. The third-order valence-electron chi connectivity index (χ3n) is 5.46. The molecule has 0 aliphatic carbocycles. The van der Waals surface area contributed by atoms with Crippen LogP contribution >= 0.6 is 15.9 Å². The van der Waals surface area contributed by atoms with Gasteiger partial charge in [-0.25, -0.2) is 9.97 Å². The van der Waals surface area contributed by atoms with Crippen LogP contribution in [-0.4, -0.2) is 50.9 Å². The van der Waals surface area contributed by atoms with Gasteiger partial charge in [0.2, 0.25) is 5.88 Å². The third-order valence-corrected chi connectivity index (χ3v) is 6.01. The molecule has 0 fully saturated rings. The van der Waals surface area contributed by atoms with Gasteiger partial charge in [0.1, 0.15) is 13.1 Å². The van der Waals surface area contributed by atoms with E-state index in [0.717, 1.165) is 45.9 Å². The molecule has 0 bridgehead atoms. The first kappa shape index (κ1) is 23.5. The van der Waals surface area contributed by atoms with Crippen molar-refractivity contribution in [3.8, 4) is 17.1 Å². The van der Waals surface area contributed by atoms with E-state index in [0.29, 0.717) is 22.9 Å². The second-order valence-corrected chi connectivity index (χ2v) is 8.63. The number of likely N-dealkylation sites (N-methyl/N-ethyl adjacent to an activating group) is 1. The number of hydrogen-bond acceptors (Lipinski definition) is 4. The number of ether oxygens (including phenoxy) is 2. The number of methoxy groups -OCH3 is 2. The molecule has 0 aromatic carbocycles. The van der Waals surface area contributed by atoms with Gasteiger partial charge >= 0.3 is 0 Å². The lowest BCUT2D eigenvalue weighted by Gasteiger charge is -2.35. The largest absolute Gasteiger partial charge is 0.480 e. The lowest BCUT2D eigenvalue weighted by molar-refractivity contribution is 0.166. The predicted molar refractivity (Wildman–Crippen MR) is 125 cm³/mol. The Morgan fingerprint density at radius 2 is 1.86 bits per heavy atom. The van der Waals surface area contributed by atoms with Gasteiger partial charge in [0.05, 0.1) is 32.0 Å². The van der Waals surface area contributed by atoms with E-state index in [1.54, 1.807) is 14.2 Å². The molecule has 5 nitrogen and oxygen atoms in total. The Kier molecular flexibility index (Phi) is 7.97. The molecule has 0 aliphatic heterocycles. The topological polar surface area (TPSA) is 44.2 Å². The molecule has 0 saturated carbocycles. The van der Waals surface area contributed by atoms with E-state index in [4.69, 9.17) is 19.4 Å². The van der Waals surface area contributed by atoms with Crippen LogP contribution in [0.15, 0.2) is 29.4 Å². The number of halogens is 1. The molecule has 0 N–H and O–H groups in total. The molecular formula is C23H33BrN3O2+. The minimum Gasteiger partial charge on any atom is -0.480 e. The lowest BCUT2D eigenvalue weighted by Crippen LogP contribution is -2.48. The second kappa shape index (κ2) is 9.83. The minimum absolute atomic E-state index is 0.334. The molecule has 0 radical (unpaired) electrons. The Hall–Kier alpha value is -1.76. The highest BCUT2D eigenvalue weighted by molar-refractivity contribution is 9.10. The van der Waals surface area contributed by atoms with Crippen LogP contribution in [0.1, 0.15) is 36.6 Å². The summed E-state index contributed by atoms with van der Waals surface area (Å²) >= 11 is 3.75. The number of quaternary nitrogens is 1. The standard InChI is InChI=1S/C23H33BrN3O2/c1-9-12-27(6,13-14-28-7)21-17(5)16(4)20(26-22(21)24)18-10-11-19(15(2)3)25-23(18)29-8/h9-11,15H,1,12-14H2,2-8H3/q+1/t27-/m0/s1. The van der Waals surface area contributed by atoms with Crippen LogP contribution in [0.25, 0.3) is 11.3 Å². The summed E-state index contributed by atoms with van der Waals surface area (Å²) < 4.78 is 12.5. The molecule has 158 valence electrons. The van der Waals surface area contributed by atoms with Crippen molar-refractivity contribution >= 4 is 21.6 Å². The monoisotopic (exact) mass is 462 g/mol. The van der Waals surface area contributed by atoms with Gasteiger partial charge in [-0.1, -0.05) is 20.4 Å². The molecular weight excluding hydrogens is 430 g/mol. The summed E-state index contributed by atoms with van der Waals surface area (Å²) in [5, 5.41) is 0. The molecule has 0 spiro atoms. The van der Waals surface area contributed by atoms with Crippen molar-refractivity contribution in [2.45, 2.75) is 33.6 Å². The molecule has 2 rings (SSSR count). The van der Waals surface area contributed by atoms with Gasteiger partial charge in [0.15, 0.2) is 10.3 Å². The van der Waals surface area contributed by atoms with Crippen LogP contribution in [0.5, 0.6) is 5.88 Å². The molecule has 0 amide bonds. The fraction of sp³-hybridized carbons (Fsp3) is 0.478. The van der Waals surface area contributed by atoms with Crippen molar-refractivity contribution in [1.82, 2.24) is 14.5 Å². The highest BCUT2D eigenvalue weighted by Gasteiger charge is 2.31. The number of hydrogen-bond donors (Lipinski definition) is 0. The Bertz CT molecular complexity index is 883. The molecule has 2 aromatic rings. The van der Waals surface area contributed by atoms with Crippen molar-refractivity contribution < 1.29 is 9.47 Å². The molecule has 1 atom stereocenters. The predicted octanol–water partition coefficient (Wildman–Crippen LogP) is 5.42. The zero-order valence-electron chi connectivity index (χ0n) is 18.7. The number of rotatable bonds is 9. The van der Waals surface area contributed by atoms with Crippen molar-refractivity contribution in [2.75, 3.05) is 41.0 Å². The van der Waals surface area contributed by atoms with Gasteiger partial charge in [0.25, 0.3) is 0 Å². The highest BCUT2D eigenvalue weighted by Crippen LogP contribution is 2.40. The zero-order chi connectivity index (χ0) is 21.8. The van der Waals surface area contributed by atoms with Gasteiger partial charge < -0.3 is 9.47 Å². The van der Waals surface area contributed by atoms with Crippen LogP contribution in [0.4, 0.5) is 5.69 Å². The Balaban J connectivity index is 2.66. The maximum absolute atomic E-state index is 5.61. The minimum atomic E-state index is 0.334. The molecule has 0 saturated heterocycles. The number of pyridine rings is 2. The maximum atomic E-state index is 5.61. The Labute approximate surface area is 183 Å². The molecule has 2 heterocycles. The summed E-state index contributed by atoms with van der Waals surface area (Å²) in [6.07, 6.45) is 1.95. The fourth-order valence-electron chi connectivity index (χ4n) is 3.62. The van der Waals surface area contributed by atoms with E-state index < -0.39 is 0 Å². The van der Waals surface area contributed by atoms with Crippen LogP contribution in [0.2, 0.25) is 0 Å². The van der Waals surface area contributed by atoms with Gasteiger partial charge in [0, 0.05) is 18.4 Å². The van der Waals surface area contributed by atoms with Gasteiger partial charge in [-0.2, -0.15) is 0 Å². The molecule has 29 heavy (non-hydrogen) atoms. The van der Waals surface area contributed by atoms with Crippen LogP contribution in [0.3, 0.4) is 0 Å². The van der Waals surface area contributed by atoms with Crippen LogP contribution < -0.4 is 9.22 Å². The summed E-state index contributed by atoms with van der Waals surface area (Å²) in [5.74, 6) is 0.939. The van der Waals surface area contributed by atoms with Crippen LogP contribution in [0, 0.1) is 13.8 Å². The smallest absolute Gasteiger partial charge is 0.222 e. The van der Waals surface area contributed by atoms with Crippen molar-refractivity contribution in [1.29, 1.82) is 0 Å². The van der Waals surface area contributed by atoms with E-state index in [-0.39, 0.29) is 0 Å². The summed E-state index contributed by atoms with van der Waals surface area (Å²) in [6.45, 7) is 14.7. The molecule has 0 unspecified atom stereocenters. The summed E-state index contributed by atoms with van der Waals surface area (Å²) in [6, 6.07) is 4.11. The average Bonchev–Trinajstić information content (AvgIpc) is 2.69. The SMILES string of the molecule is C=CC[N@@+](C)(CCOC)c1c(Br)nc(-c2ccc(C(C)C)nc2OC)c(C)c1C. The first-order valence-corrected chi connectivity index (χ1v) is 10.7. The first-order chi connectivity index (χ1) is 13.7. The van der Waals surface area contributed by atoms with Crippen LogP contribution in [-0.2, 0) is 4.74 Å². The fourth-order valence-corrected chi connectivity index (χ4v) is 4.52. The van der Waals surface area contributed by atoms with Crippen molar-refractivity contribution in [3.05, 3.63) is 46.2 Å². The maximum Gasteiger partial charge on any atom is 0.222 e. The van der Waals surface area contributed by atoms with Crippen molar-refractivity contribution in [3.63, 3.8) is 0 Å². The van der Waals surface area contributed by atoms with E-state index in [1.807, 2.05) is 6.08 Å². The summed E-state index contributed by atoms with van der Waals surface area (Å²) in [5.41, 5.74) is 6.25. The number of aromatic nitrogens is 2.